The molecule has 0 fully saturated rings. The number of carbonyl (C=O) groups excluding carboxylic acids is 2. The van der Waals surface area contributed by atoms with E-state index in [0.29, 0.717) is 22.2 Å². The fraction of sp³-hybridized carbons (Fsp3) is 0.259. The van der Waals surface area contributed by atoms with Crippen molar-refractivity contribution in [3.8, 4) is 5.75 Å². The molecule has 3 aromatic carbocycles. The number of halogens is 2. The lowest BCUT2D eigenvalue weighted by atomic mass is 10.1. The number of methoxy groups -OCH3 is 1. The SMILES string of the molecule is CCC(C(=O)NC)N(Cc1ccc(Cl)cc1)C(=O)CN(c1cccc(Cl)c1)S(=O)(=O)c1ccc(OC)cc1. The van der Waals surface area contributed by atoms with Gasteiger partial charge in [0.25, 0.3) is 10.0 Å². The molecule has 0 aromatic heterocycles. The summed E-state index contributed by atoms with van der Waals surface area (Å²) in [6.07, 6.45) is 0.321. The van der Waals surface area contributed by atoms with Crippen LogP contribution in [-0.4, -0.2) is 51.9 Å². The van der Waals surface area contributed by atoms with Crippen molar-refractivity contribution in [2.45, 2.75) is 30.8 Å². The fourth-order valence-electron chi connectivity index (χ4n) is 3.91. The van der Waals surface area contributed by atoms with Gasteiger partial charge in [0.1, 0.15) is 18.3 Å². The van der Waals surface area contributed by atoms with Gasteiger partial charge in [-0.25, -0.2) is 8.42 Å². The average Bonchev–Trinajstić information content (AvgIpc) is 2.92. The molecule has 1 atom stereocenters. The monoisotopic (exact) mass is 577 g/mol. The first-order chi connectivity index (χ1) is 18.1. The van der Waals surface area contributed by atoms with E-state index in [2.05, 4.69) is 5.32 Å². The molecule has 202 valence electrons. The number of nitrogens with one attached hydrogen (secondary N) is 1. The van der Waals surface area contributed by atoms with Crippen molar-refractivity contribution in [1.29, 1.82) is 0 Å². The molecule has 8 nitrogen and oxygen atoms in total. The molecule has 0 bridgehead atoms. The van der Waals surface area contributed by atoms with Gasteiger partial charge in [-0.2, -0.15) is 0 Å². The molecule has 0 aliphatic rings. The van der Waals surface area contributed by atoms with E-state index in [1.54, 1.807) is 49.4 Å². The van der Waals surface area contributed by atoms with Gasteiger partial charge in [-0.05, 0) is 66.6 Å². The van der Waals surface area contributed by atoms with Crippen LogP contribution in [0, 0.1) is 0 Å². The molecular formula is C27H29Cl2N3O5S. The van der Waals surface area contributed by atoms with E-state index in [4.69, 9.17) is 27.9 Å². The van der Waals surface area contributed by atoms with Crippen molar-refractivity contribution in [2.24, 2.45) is 0 Å². The van der Waals surface area contributed by atoms with Crippen LogP contribution in [0.15, 0.2) is 77.7 Å². The zero-order chi connectivity index (χ0) is 27.9. The summed E-state index contributed by atoms with van der Waals surface area (Å²) in [7, 11) is -1.24. The highest BCUT2D eigenvalue weighted by molar-refractivity contribution is 7.92. The summed E-state index contributed by atoms with van der Waals surface area (Å²) in [6.45, 7) is 1.30. The number of hydrogen-bond donors (Lipinski definition) is 1. The Labute approximate surface area is 233 Å². The summed E-state index contributed by atoms with van der Waals surface area (Å²) < 4.78 is 33.7. The molecule has 0 aliphatic carbocycles. The molecule has 3 rings (SSSR count). The molecule has 0 saturated heterocycles. The van der Waals surface area contributed by atoms with E-state index in [-0.39, 0.29) is 23.0 Å². The van der Waals surface area contributed by atoms with Crippen LogP contribution < -0.4 is 14.4 Å². The van der Waals surface area contributed by atoms with Crippen molar-refractivity contribution in [1.82, 2.24) is 10.2 Å². The second kappa shape index (κ2) is 13.0. The average molecular weight is 579 g/mol. The number of carbonyl (C=O) groups is 2. The Morgan fingerprint density at radius 2 is 1.63 bits per heavy atom. The van der Waals surface area contributed by atoms with Gasteiger partial charge in [0.05, 0.1) is 17.7 Å². The van der Waals surface area contributed by atoms with Crippen molar-refractivity contribution in [3.63, 3.8) is 0 Å². The molecule has 1 unspecified atom stereocenters. The second-order valence-electron chi connectivity index (χ2n) is 8.35. The van der Waals surface area contributed by atoms with Crippen LogP contribution in [-0.2, 0) is 26.2 Å². The summed E-state index contributed by atoms with van der Waals surface area (Å²) >= 11 is 12.2. The van der Waals surface area contributed by atoms with Crippen LogP contribution in [0.2, 0.25) is 10.0 Å². The maximum Gasteiger partial charge on any atom is 0.264 e. The Bertz CT molecular complexity index is 1370. The van der Waals surface area contributed by atoms with Crippen molar-refractivity contribution >= 4 is 50.7 Å². The number of likely N-dealkylation sites (N-methyl/N-ethyl adjacent to an activating group) is 1. The Morgan fingerprint density at radius 3 is 2.18 bits per heavy atom. The molecule has 11 heteroatoms. The van der Waals surface area contributed by atoms with E-state index < -0.39 is 28.5 Å². The van der Waals surface area contributed by atoms with Gasteiger partial charge in [0.2, 0.25) is 11.8 Å². The van der Waals surface area contributed by atoms with Crippen molar-refractivity contribution in [3.05, 3.63) is 88.4 Å². The number of amides is 2. The standard InChI is InChI=1S/C27H29Cl2N3O5S/c1-4-25(27(34)30-2)31(17-19-8-10-20(28)11-9-19)26(33)18-32(22-7-5-6-21(29)16-22)38(35,36)24-14-12-23(37-3)13-15-24/h5-16,25H,4,17-18H2,1-3H3,(H,30,34). The summed E-state index contributed by atoms with van der Waals surface area (Å²) in [5.74, 6) is -0.436. The van der Waals surface area contributed by atoms with Crippen LogP contribution in [0.1, 0.15) is 18.9 Å². The van der Waals surface area contributed by atoms with Crippen LogP contribution in [0.5, 0.6) is 5.75 Å². The molecule has 0 spiro atoms. The maximum absolute atomic E-state index is 13.8. The van der Waals surface area contributed by atoms with Crippen LogP contribution in [0.3, 0.4) is 0 Å². The van der Waals surface area contributed by atoms with Crippen LogP contribution in [0.4, 0.5) is 5.69 Å². The van der Waals surface area contributed by atoms with Gasteiger partial charge in [-0.1, -0.05) is 48.3 Å². The van der Waals surface area contributed by atoms with Gasteiger partial charge in [0.15, 0.2) is 0 Å². The Hall–Kier alpha value is -3.27. The lowest BCUT2D eigenvalue weighted by Gasteiger charge is -2.33. The predicted molar refractivity (Wildman–Crippen MR) is 149 cm³/mol. The lowest BCUT2D eigenvalue weighted by molar-refractivity contribution is -0.140. The summed E-state index contributed by atoms with van der Waals surface area (Å²) in [5.41, 5.74) is 0.943. The number of benzene rings is 3. The first-order valence-corrected chi connectivity index (χ1v) is 14.0. The van der Waals surface area contributed by atoms with Crippen LogP contribution >= 0.6 is 23.2 Å². The Morgan fingerprint density at radius 1 is 0.974 bits per heavy atom. The Kier molecular flexibility index (Phi) is 10.0. The zero-order valence-electron chi connectivity index (χ0n) is 21.2. The number of hydrogen-bond acceptors (Lipinski definition) is 5. The molecule has 2 amide bonds. The van der Waals surface area contributed by atoms with Gasteiger partial charge >= 0.3 is 0 Å². The van der Waals surface area contributed by atoms with Gasteiger partial charge in [0, 0.05) is 23.6 Å². The smallest absolute Gasteiger partial charge is 0.264 e. The first-order valence-electron chi connectivity index (χ1n) is 11.8. The van der Waals surface area contributed by atoms with E-state index in [0.717, 1.165) is 9.87 Å². The highest BCUT2D eigenvalue weighted by atomic mass is 35.5. The largest absolute Gasteiger partial charge is 0.497 e. The van der Waals surface area contributed by atoms with E-state index in [1.165, 1.54) is 49.4 Å². The predicted octanol–water partition coefficient (Wildman–Crippen LogP) is 4.75. The number of nitrogens with zero attached hydrogens (tertiary/aromatic N) is 2. The third-order valence-corrected chi connectivity index (χ3v) is 8.20. The number of sulfonamides is 1. The Balaban J connectivity index is 2.05. The second-order valence-corrected chi connectivity index (χ2v) is 11.1. The summed E-state index contributed by atoms with van der Waals surface area (Å²) in [5, 5.41) is 3.43. The molecule has 0 heterocycles. The molecule has 1 N–H and O–H groups in total. The maximum atomic E-state index is 13.8. The minimum atomic E-state index is -4.21. The normalized spacial score (nSPS) is 11.9. The van der Waals surface area contributed by atoms with E-state index >= 15 is 0 Å². The van der Waals surface area contributed by atoms with Crippen molar-refractivity contribution in [2.75, 3.05) is 25.0 Å². The molecular weight excluding hydrogens is 549 g/mol. The lowest BCUT2D eigenvalue weighted by Crippen LogP contribution is -2.51. The highest BCUT2D eigenvalue weighted by Gasteiger charge is 2.33. The fourth-order valence-corrected chi connectivity index (χ4v) is 5.62. The third kappa shape index (κ3) is 6.98. The summed E-state index contributed by atoms with van der Waals surface area (Å²) in [6, 6.07) is 18.1. The summed E-state index contributed by atoms with van der Waals surface area (Å²) in [4.78, 5) is 27.9. The zero-order valence-corrected chi connectivity index (χ0v) is 23.6. The first kappa shape index (κ1) is 29.3. The number of anilines is 1. The van der Waals surface area contributed by atoms with Crippen LogP contribution in [0.25, 0.3) is 0 Å². The topological polar surface area (TPSA) is 96.0 Å². The number of ether oxygens (including phenoxy) is 1. The van der Waals surface area contributed by atoms with Gasteiger partial charge in [-0.15, -0.1) is 0 Å². The van der Waals surface area contributed by atoms with Crippen molar-refractivity contribution < 1.29 is 22.7 Å². The third-order valence-electron chi connectivity index (χ3n) is 5.92. The van der Waals surface area contributed by atoms with Gasteiger partial charge in [-0.3, -0.25) is 13.9 Å². The van der Waals surface area contributed by atoms with Gasteiger partial charge < -0.3 is 15.0 Å². The quantitative estimate of drug-likeness (QED) is 0.354. The highest BCUT2D eigenvalue weighted by Crippen LogP contribution is 2.28. The molecule has 0 radical (unpaired) electrons. The minimum absolute atomic E-state index is 0.0336. The molecule has 0 saturated carbocycles. The molecule has 3 aromatic rings. The van der Waals surface area contributed by atoms with E-state index in [1.807, 2.05) is 0 Å². The molecule has 38 heavy (non-hydrogen) atoms. The number of rotatable bonds is 11. The van der Waals surface area contributed by atoms with E-state index in [9.17, 15) is 18.0 Å². The minimum Gasteiger partial charge on any atom is -0.497 e. The molecule has 0 aliphatic heterocycles.